The third kappa shape index (κ3) is 2.68. The Balaban J connectivity index is 1.70. The second-order valence-corrected chi connectivity index (χ2v) is 5.86. The van der Waals surface area contributed by atoms with Crippen LogP contribution in [0.5, 0.6) is 0 Å². The van der Waals surface area contributed by atoms with Crippen LogP contribution >= 0.6 is 0 Å². The molecule has 1 atom stereocenters. The molecule has 2 fully saturated rings. The molecule has 1 unspecified atom stereocenters. The molecule has 3 heterocycles. The van der Waals surface area contributed by atoms with Crippen LogP contribution in [0.1, 0.15) is 12.8 Å². The van der Waals surface area contributed by atoms with E-state index in [4.69, 9.17) is 4.74 Å². The van der Waals surface area contributed by atoms with Gasteiger partial charge in [0, 0.05) is 26.0 Å². The van der Waals surface area contributed by atoms with Crippen LogP contribution in [0.3, 0.4) is 0 Å². The minimum atomic E-state index is -0.611. The van der Waals surface area contributed by atoms with Gasteiger partial charge in [-0.25, -0.2) is 14.6 Å². The van der Waals surface area contributed by atoms with Gasteiger partial charge in [-0.05, 0) is 18.9 Å². The van der Waals surface area contributed by atoms with Gasteiger partial charge in [-0.1, -0.05) is 0 Å². The molecule has 2 saturated heterocycles. The van der Waals surface area contributed by atoms with E-state index in [1.165, 1.54) is 21.9 Å². The van der Waals surface area contributed by atoms with E-state index in [0.717, 1.165) is 12.8 Å². The summed E-state index contributed by atoms with van der Waals surface area (Å²) in [6.45, 7) is 1.42. The summed E-state index contributed by atoms with van der Waals surface area (Å²) in [5.41, 5.74) is -1.06. The molecule has 0 aromatic carbocycles. The van der Waals surface area contributed by atoms with E-state index in [1.54, 1.807) is 18.0 Å². The second kappa shape index (κ2) is 5.43. The molecule has 2 aliphatic heterocycles. The summed E-state index contributed by atoms with van der Waals surface area (Å²) in [7, 11) is 1.69. The summed E-state index contributed by atoms with van der Waals surface area (Å²) >= 11 is 0. The Morgan fingerprint density at radius 2 is 2.23 bits per heavy atom. The maximum absolute atomic E-state index is 12.4. The molecule has 0 N–H and O–H groups in total. The predicted octanol–water partition coefficient (Wildman–Crippen LogP) is -0.313. The summed E-state index contributed by atoms with van der Waals surface area (Å²) in [6.07, 6.45) is 4.11. The van der Waals surface area contributed by atoms with Gasteiger partial charge in [0.1, 0.15) is 12.1 Å². The summed E-state index contributed by atoms with van der Waals surface area (Å²) in [5.74, 6) is -0.167. The molecule has 8 heteroatoms. The average molecular weight is 306 g/mol. The summed E-state index contributed by atoms with van der Waals surface area (Å²) < 4.78 is 6.74. The highest BCUT2D eigenvalue weighted by atomic mass is 16.6. The Bertz CT molecular complexity index is 658. The normalized spacial score (nSPS) is 24.7. The Labute approximate surface area is 127 Å². The van der Waals surface area contributed by atoms with E-state index in [0.29, 0.717) is 19.6 Å². The lowest BCUT2D eigenvalue weighted by atomic mass is 9.92. The number of hydrogen-bond donors (Lipinski definition) is 0. The average Bonchev–Trinajstić information content (AvgIpc) is 2.75. The zero-order chi connectivity index (χ0) is 15.7. The highest BCUT2D eigenvalue weighted by molar-refractivity contribution is 5.76. The molecule has 1 aromatic rings. The fourth-order valence-electron chi connectivity index (χ4n) is 3.07. The van der Waals surface area contributed by atoms with Crippen LogP contribution in [0.2, 0.25) is 0 Å². The molecule has 22 heavy (non-hydrogen) atoms. The van der Waals surface area contributed by atoms with Crippen molar-refractivity contribution in [3.8, 4) is 0 Å². The van der Waals surface area contributed by atoms with Gasteiger partial charge in [0.15, 0.2) is 0 Å². The van der Waals surface area contributed by atoms with Crippen molar-refractivity contribution < 1.29 is 14.3 Å². The van der Waals surface area contributed by atoms with Gasteiger partial charge < -0.3 is 14.5 Å². The molecule has 8 nitrogen and oxygen atoms in total. The number of aromatic nitrogens is 2. The van der Waals surface area contributed by atoms with Gasteiger partial charge in [0.2, 0.25) is 5.91 Å². The van der Waals surface area contributed by atoms with Crippen molar-refractivity contribution in [3.63, 3.8) is 0 Å². The van der Waals surface area contributed by atoms with E-state index in [2.05, 4.69) is 4.98 Å². The van der Waals surface area contributed by atoms with Crippen LogP contribution in [-0.2, 0) is 16.1 Å². The van der Waals surface area contributed by atoms with Crippen LogP contribution in [0, 0.1) is 0 Å². The maximum Gasteiger partial charge on any atom is 0.410 e. The Hall–Kier alpha value is -2.38. The minimum Gasteiger partial charge on any atom is -0.439 e. The van der Waals surface area contributed by atoms with Crippen LogP contribution in [0.4, 0.5) is 4.79 Å². The van der Waals surface area contributed by atoms with E-state index in [-0.39, 0.29) is 18.5 Å². The first kappa shape index (κ1) is 14.6. The largest absolute Gasteiger partial charge is 0.439 e. The van der Waals surface area contributed by atoms with Crippen molar-refractivity contribution >= 4 is 12.0 Å². The van der Waals surface area contributed by atoms with Crippen molar-refractivity contribution in [1.82, 2.24) is 19.4 Å². The number of likely N-dealkylation sites (N-methyl/N-ethyl adjacent to an activating group) is 1. The number of piperidine rings is 1. The Kier molecular flexibility index (Phi) is 3.59. The van der Waals surface area contributed by atoms with Crippen molar-refractivity contribution in [2.24, 2.45) is 0 Å². The molecule has 0 radical (unpaired) electrons. The van der Waals surface area contributed by atoms with Gasteiger partial charge in [-0.15, -0.1) is 0 Å². The molecule has 3 rings (SSSR count). The van der Waals surface area contributed by atoms with E-state index < -0.39 is 11.3 Å². The number of likely N-dealkylation sites (tertiary alicyclic amines) is 1. The number of hydrogen-bond acceptors (Lipinski definition) is 5. The summed E-state index contributed by atoms with van der Waals surface area (Å²) in [5, 5.41) is 0. The molecule has 2 amide bonds. The molecular weight excluding hydrogens is 288 g/mol. The Morgan fingerprint density at radius 1 is 1.41 bits per heavy atom. The fourth-order valence-corrected chi connectivity index (χ4v) is 3.07. The van der Waals surface area contributed by atoms with Crippen LogP contribution in [-0.4, -0.2) is 63.6 Å². The number of ether oxygens (including phenoxy) is 1. The van der Waals surface area contributed by atoms with Crippen LogP contribution < -0.4 is 5.69 Å². The third-order valence-corrected chi connectivity index (χ3v) is 4.12. The highest BCUT2D eigenvalue weighted by Crippen LogP contribution is 2.31. The number of amides is 2. The molecular formula is C14H18N4O4. The first-order chi connectivity index (χ1) is 10.5. The topological polar surface area (TPSA) is 84.7 Å². The quantitative estimate of drug-likeness (QED) is 0.748. The van der Waals surface area contributed by atoms with Gasteiger partial charge in [0.25, 0.3) is 0 Å². The molecule has 1 spiro atoms. The number of nitrogens with zero attached hydrogens (tertiary/aromatic N) is 4. The molecule has 118 valence electrons. The van der Waals surface area contributed by atoms with Gasteiger partial charge >= 0.3 is 11.8 Å². The maximum atomic E-state index is 12.4. The SMILES string of the molecule is CN1CC2(CCCN(C(=O)Cn3cccnc3=O)C2)OC1=O. The van der Waals surface area contributed by atoms with Crippen molar-refractivity contribution in [1.29, 1.82) is 0 Å². The molecule has 0 aliphatic carbocycles. The lowest BCUT2D eigenvalue weighted by Crippen LogP contribution is -2.53. The predicted molar refractivity (Wildman–Crippen MR) is 76.2 cm³/mol. The fraction of sp³-hybridized carbons (Fsp3) is 0.571. The standard InChI is InChI=1S/C14H18N4O4/c1-16-9-14(22-13(16)21)4-2-6-18(10-14)11(19)8-17-7-3-5-15-12(17)20/h3,5,7H,2,4,6,8-10H2,1H3. The minimum absolute atomic E-state index is 0.0491. The highest BCUT2D eigenvalue weighted by Gasteiger charge is 2.47. The van der Waals surface area contributed by atoms with E-state index in [1.807, 2.05) is 0 Å². The first-order valence-corrected chi connectivity index (χ1v) is 7.22. The molecule has 0 bridgehead atoms. The second-order valence-electron chi connectivity index (χ2n) is 5.86. The summed E-state index contributed by atoms with van der Waals surface area (Å²) in [6, 6.07) is 1.61. The van der Waals surface area contributed by atoms with Crippen molar-refractivity contribution in [2.75, 3.05) is 26.7 Å². The number of carbonyl (C=O) groups is 2. The molecule has 2 aliphatic rings. The summed E-state index contributed by atoms with van der Waals surface area (Å²) in [4.78, 5) is 42.4. The Morgan fingerprint density at radius 3 is 2.91 bits per heavy atom. The van der Waals surface area contributed by atoms with Crippen molar-refractivity contribution in [3.05, 3.63) is 28.9 Å². The lowest BCUT2D eigenvalue weighted by molar-refractivity contribution is -0.137. The van der Waals surface area contributed by atoms with Crippen LogP contribution in [0.15, 0.2) is 23.3 Å². The zero-order valence-corrected chi connectivity index (χ0v) is 12.4. The third-order valence-electron chi connectivity index (χ3n) is 4.12. The first-order valence-electron chi connectivity index (χ1n) is 7.22. The van der Waals surface area contributed by atoms with E-state index >= 15 is 0 Å². The molecule has 0 saturated carbocycles. The zero-order valence-electron chi connectivity index (χ0n) is 12.4. The van der Waals surface area contributed by atoms with Crippen LogP contribution in [0.25, 0.3) is 0 Å². The molecule has 1 aromatic heterocycles. The number of carbonyl (C=O) groups excluding carboxylic acids is 2. The lowest BCUT2D eigenvalue weighted by Gasteiger charge is -2.38. The van der Waals surface area contributed by atoms with Crippen molar-refractivity contribution in [2.45, 2.75) is 25.0 Å². The van der Waals surface area contributed by atoms with Gasteiger partial charge in [-0.3, -0.25) is 9.36 Å². The van der Waals surface area contributed by atoms with E-state index in [9.17, 15) is 14.4 Å². The van der Waals surface area contributed by atoms with Gasteiger partial charge in [0.05, 0.1) is 13.1 Å². The smallest absolute Gasteiger partial charge is 0.410 e. The monoisotopic (exact) mass is 306 g/mol. The number of rotatable bonds is 2. The van der Waals surface area contributed by atoms with Gasteiger partial charge in [-0.2, -0.15) is 0 Å².